The zero-order valence-electron chi connectivity index (χ0n) is 22.0. The number of carbonyl (C=O) groups is 2. The average molecular weight is 533 g/mol. The summed E-state index contributed by atoms with van der Waals surface area (Å²) in [5.41, 5.74) is -0.368. The van der Waals surface area contributed by atoms with Crippen LogP contribution >= 0.6 is 0 Å². The maximum absolute atomic E-state index is 14.9. The number of nitrogens with zero attached hydrogens (tertiary/aromatic N) is 3. The summed E-state index contributed by atoms with van der Waals surface area (Å²) in [6.45, 7) is 5.66. The minimum Gasteiger partial charge on any atom is -0.481 e. The number of methoxy groups -OCH3 is 1. The molecule has 1 saturated carbocycles. The van der Waals surface area contributed by atoms with E-state index in [4.69, 9.17) is 9.47 Å². The quantitative estimate of drug-likeness (QED) is 0.512. The standard InChI is InChI=1S/C25H36F4N4O4/c1-24(2,3)37-23(35)33-12-6-7-19(33)22(34)32(4)14-15-13-18(26)20(31-21(15)36-5)30-17-10-8-16(9-11-17)25(27,28)29/h13,16-17,19H,6-12,14H2,1-5H3,(H,30,31). The molecule has 2 aliphatic rings. The van der Waals surface area contributed by atoms with E-state index in [2.05, 4.69) is 10.3 Å². The number of rotatable bonds is 6. The van der Waals surface area contributed by atoms with E-state index >= 15 is 0 Å². The molecule has 0 spiro atoms. The molecular weight excluding hydrogens is 496 g/mol. The van der Waals surface area contributed by atoms with Gasteiger partial charge in [0.1, 0.15) is 11.6 Å². The molecule has 2 fully saturated rings. The van der Waals surface area contributed by atoms with Gasteiger partial charge in [0.25, 0.3) is 0 Å². The van der Waals surface area contributed by atoms with Gasteiger partial charge in [0.2, 0.25) is 11.8 Å². The van der Waals surface area contributed by atoms with Crippen molar-refractivity contribution in [2.45, 2.75) is 89.7 Å². The predicted molar refractivity (Wildman–Crippen MR) is 129 cm³/mol. The summed E-state index contributed by atoms with van der Waals surface area (Å²) in [6.07, 6.45) is -3.16. The normalized spacial score (nSPS) is 22.5. The first-order valence-electron chi connectivity index (χ1n) is 12.5. The second-order valence-corrected chi connectivity index (χ2v) is 10.7. The number of halogens is 4. The van der Waals surface area contributed by atoms with Crippen LogP contribution in [0.2, 0.25) is 0 Å². The zero-order chi connectivity index (χ0) is 27.5. The minimum atomic E-state index is -4.22. The van der Waals surface area contributed by atoms with E-state index in [1.54, 1.807) is 27.8 Å². The number of amides is 2. The Balaban J connectivity index is 1.66. The number of carbonyl (C=O) groups excluding carboxylic acids is 2. The van der Waals surface area contributed by atoms with Crippen molar-refractivity contribution < 1.29 is 36.6 Å². The molecule has 2 heterocycles. The molecule has 1 aromatic heterocycles. The lowest BCUT2D eigenvalue weighted by Crippen LogP contribution is -2.47. The lowest BCUT2D eigenvalue weighted by Gasteiger charge is -2.31. The molecule has 0 bridgehead atoms. The van der Waals surface area contributed by atoms with Crippen LogP contribution in [0.3, 0.4) is 0 Å². The SMILES string of the molecule is COc1nc(NC2CCC(C(F)(F)F)CC2)c(F)cc1CN(C)C(=O)C1CCCN1C(=O)OC(C)(C)C. The van der Waals surface area contributed by atoms with Gasteiger partial charge in [-0.2, -0.15) is 18.2 Å². The summed E-state index contributed by atoms with van der Waals surface area (Å²) < 4.78 is 64.5. The van der Waals surface area contributed by atoms with Gasteiger partial charge >= 0.3 is 12.3 Å². The van der Waals surface area contributed by atoms with Crippen LogP contribution in [0.1, 0.15) is 64.9 Å². The van der Waals surface area contributed by atoms with Crippen LogP contribution in [0, 0.1) is 11.7 Å². The first kappa shape index (κ1) is 28.8. The summed E-state index contributed by atoms with van der Waals surface area (Å²) in [4.78, 5) is 32.7. The van der Waals surface area contributed by atoms with E-state index < -0.39 is 35.6 Å². The second kappa shape index (κ2) is 11.3. The van der Waals surface area contributed by atoms with Gasteiger partial charge in [0, 0.05) is 25.2 Å². The number of hydrogen-bond acceptors (Lipinski definition) is 6. The Labute approximate surface area is 214 Å². The molecule has 1 aliphatic carbocycles. The van der Waals surface area contributed by atoms with Crippen LogP contribution in [0.15, 0.2) is 6.07 Å². The molecule has 8 nitrogen and oxygen atoms in total. The minimum absolute atomic E-state index is 0.0123. The monoisotopic (exact) mass is 532 g/mol. The molecule has 1 aliphatic heterocycles. The number of likely N-dealkylation sites (tertiary alicyclic amines) is 1. The highest BCUT2D eigenvalue weighted by molar-refractivity contribution is 5.86. The van der Waals surface area contributed by atoms with E-state index in [0.717, 1.165) is 0 Å². The number of aromatic nitrogens is 1. The molecule has 0 radical (unpaired) electrons. The molecule has 12 heteroatoms. The Hall–Kier alpha value is -2.79. The second-order valence-electron chi connectivity index (χ2n) is 10.7. The lowest BCUT2D eigenvalue weighted by atomic mass is 9.85. The number of alkyl halides is 3. The number of anilines is 1. The maximum Gasteiger partial charge on any atom is 0.410 e. The third kappa shape index (κ3) is 7.38. The van der Waals surface area contributed by atoms with E-state index in [9.17, 15) is 27.2 Å². The summed E-state index contributed by atoms with van der Waals surface area (Å²) >= 11 is 0. The van der Waals surface area contributed by atoms with Crippen molar-refractivity contribution in [1.29, 1.82) is 0 Å². The highest BCUT2D eigenvalue weighted by Crippen LogP contribution is 2.38. The molecule has 1 aromatic rings. The smallest absolute Gasteiger partial charge is 0.410 e. The molecule has 1 saturated heterocycles. The Bertz CT molecular complexity index is 975. The fraction of sp³-hybridized carbons (Fsp3) is 0.720. The third-order valence-corrected chi connectivity index (χ3v) is 6.69. The van der Waals surface area contributed by atoms with Crippen LogP contribution < -0.4 is 10.1 Å². The van der Waals surface area contributed by atoms with Crippen molar-refractivity contribution in [2.24, 2.45) is 5.92 Å². The van der Waals surface area contributed by atoms with Gasteiger partial charge in [-0.25, -0.2) is 9.18 Å². The van der Waals surface area contributed by atoms with Gasteiger partial charge in [-0.15, -0.1) is 0 Å². The maximum atomic E-state index is 14.9. The van der Waals surface area contributed by atoms with Crippen molar-refractivity contribution in [2.75, 3.05) is 26.0 Å². The number of hydrogen-bond donors (Lipinski definition) is 1. The zero-order valence-corrected chi connectivity index (χ0v) is 22.0. The van der Waals surface area contributed by atoms with Crippen LogP contribution in [0.5, 0.6) is 5.88 Å². The van der Waals surface area contributed by atoms with Crippen LogP contribution in [-0.2, 0) is 16.1 Å². The summed E-state index contributed by atoms with van der Waals surface area (Å²) in [6, 6.07) is 0.192. The topological polar surface area (TPSA) is 84.0 Å². The molecule has 37 heavy (non-hydrogen) atoms. The molecule has 208 valence electrons. The highest BCUT2D eigenvalue weighted by atomic mass is 19.4. The fourth-order valence-electron chi connectivity index (χ4n) is 4.81. The van der Waals surface area contributed by atoms with Gasteiger partial charge in [0.05, 0.1) is 19.6 Å². The Morgan fingerprint density at radius 1 is 1.16 bits per heavy atom. The molecule has 1 unspecified atom stereocenters. The Morgan fingerprint density at radius 3 is 2.38 bits per heavy atom. The third-order valence-electron chi connectivity index (χ3n) is 6.69. The summed E-state index contributed by atoms with van der Waals surface area (Å²) in [5, 5.41) is 2.91. The molecule has 2 amide bonds. The molecule has 1 N–H and O–H groups in total. The van der Waals surface area contributed by atoms with E-state index in [0.29, 0.717) is 24.9 Å². The van der Waals surface area contributed by atoms with Gasteiger partial charge in [-0.05, 0) is 65.4 Å². The van der Waals surface area contributed by atoms with Crippen molar-refractivity contribution in [1.82, 2.24) is 14.8 Å². The number of nitrogens with one attached hydrogen (secondary N) is 1. The Kier molecular flexibility index (Phi) is 8.79. The first-order chi connectivity index (χ1) is 17.2. The van der Waals surface area contributed by atoms with E-state index in [1.807, 2.05) is 0 Å². The summed E-state index contributed by atoms with van der Waals surface area (Å²) in [5.74, 6) is -2.33. The van der Waals surface area contributed by atoms with E-state index in [-0.39, 0.29) is 55.9 Å². The van der Waals surface area contributed by atoms with Crippen LogP contribution in [0.25, 0.3) is 0 Å². The summed E-state index contributed by atoms with van der Waals surface area (Å²) in [7, 11) is 2.92. The molecule has 0 aromatic carbocycles. The Morgan fingerprint density at radius 2 is 1.81 bits per heavy atom. The van der Waals surface area contributed by atoms with Gasteiger partial charge in [-0.3, -0.25) is 9.69 Å². The lowest BCUT2D eigenvalue weighted by molar-refractivity contribution is -0.182. The van der Waals surface area contributed by atoms with Crippen LogP contribution in [-0.4, -0.2) is 71.3 Å². The number of ether oxygens (including phenoxy) is 2. The van der Waals surface area contributed by atoms with Crippen LogP contribution in [0.4, 0.5) is 28.2 Å². The fourth-order valence-corrected chi connectivity index (χ4v) is 4.81. The molecule has 1 atom stereocenters. The van der Waals surface area contributed by atoms with Crippen molar-refractivity contribution in [3.8, 4) is 5.88 Å². The van der Waals surface area contributed by atoms with Crippen molar-refractivity contribution >= 4 is 17.8 Å². The van der Waals surface area contributed by atoms with Gasteiger partial charge in [0.15, 0.2) is 11.6 Å². The number of pyridine rings is 1. The molecule has 3 rings (SSSR count). The average Bonchev–Trinajstić information content (AvgIpc) is 3.29. The van der Waals surface area contributed by atoms with Crippen molar-refractivity contribution in [3.05, 3.63) is 17.4 Å². The van der Waals surface area contributed by atoms with Gasteiger partial charge < -0.3 is 19.7 Å². The first-order valence-corrected chi connectivity index (χ1v) is 12.5. The largest absolute Gasteiger partial charge is 0.481 e. The molecular formula is C25H36F4N4O4. The van der Waals surface area contributed by atoms with E-state index in [1.165, 1.54) is 23.0 Å². The highest BCUT2D eigenvalue weighted by Gasteiger charge is 2.42. The predicted octanol–water partition coefficient (Wildman–Crippen LogP) is 5.12. The number of likely N-dealkylation sites (N-methyl/N-ethyl adjacent to an activating group) is 1. The van der Waals surface area contributed by atoms with Crippen molar-refractivity contribution in [3.63, 3.8) is 0 Å². The van der Waals surface area contributed by atoms with Gasteiger partial charge in [-0.1, -0.05) is 0 Å².